The molecule has 0 saturated heterocycles. The van der Waals surface area contributed by atoms with Gasteiger partial charge in [0.15, 0.2) is 0 Å². The second kappa shape index (κ2) is 15.5. The molecular formula is C26H35Cl2N3O3. The van der Waals surface area contributed by atoms with Crippen molar-refractivity contribution < 1.29 is 14.6 Å². The molecular weight excluding hydrogens is 473 g/mol. The van der Waals surface area contributed by atoms with Crippen LogP contribution >= 0.6 is 23.2 Å². The Morgan fingerprint density at radius 3 is 2.41 bits per heavy atom. The summed E-state index contributed by atoms with van der Waals surface area (Å²) in [6, 6.07) is 13.0. The van der Waals surface area contributed by atoms with Crippen LogP contribution in [0.3, 0.4) is 0 Å². The van der Waals surface area contributed by atoms with Crippen LogP contribution in [0.15, 0.2) is 53.7 Å². The Morgan fingerprint density at radius 2 is 1.82 bits per heavy atom. The number of aliphatic hydroxyl groups excluding tert-OH is 1. The van der Waals surface area contributed by atoms with E-state index in [0.29, 0.717) is 22.2 Å². The minimum atomic E-state index is 0.00611. The molecule has 0 saturated carbocycles. The molecule has 1 atom stereocenters. The number of halogens is 2. The lowest BCUT2D eigenvalue weighted by molar-refractivity contribution is -0.0980. The van der Waals surface area contributed by atoms with Crippen molar-refractivity contribution in [2.75, 3.05) is 13.2 Å². The van der Waals surface area contributed by atoms with E-state index < -0.39 is 0 Å². The molecule has 0 aliphatic heterocycles. The van der Waals surface area contributed by atoms with E-state index in [0.717, 1.165) is 29.7 Å². The van der Waals surface area contributed by atoms with Gasteiger partial charge < -0.3 is 25.7 Å². The topological polar surface area (TPSA) is 96.9 Å². The number of aliphatic imine (C=N–C) groups is 1. The zero-order chi connectivity index (χ0) is 25.6. The van der Waals surface area contributed by atoms with Gasteiger partial charge in [-0.05, 0) is 70.0 Å². The molecule has 2 aromatic rings. The average molecular weight is 508 g/mol. The fourth-order valence-electron chi connectivity index (χ4n) is 3.05. The van der Waals surface area contributed by atoms with Crippen LogP contribution in [-0.2, 0) is 11.4 Å². The Balaban J connectivity index is 0.00000281. The highest BCUT2D eigenvalue weighted by Gasteiger charge is 2.12. The number of ether oxygens (including phenoxy) is 1. The summed E-state index contributed by atoms with van der Waals surface area (Å²) < 4.78 is 5.92. The number of nitrogens with one attached hydrogen (secondary N) is 1. The summed E-state index contributed by atoms with van der Waals surface area (Å²) >= 11 is 12.5. The molecule has 2 aromatic carbocycles. The third-order valence-corrected chi connectivity index (χ3v) is 5.52. The number of hydrogen-bond acceptors (Lipinski definition) is 6. The lowest BCUT2D eigenvalue weighted by Gasteiger charge is -2.21. The Kier molecular flexibility index (Phi) is 13.5. The van der Waals surface area contributed by atoms with Crippen LogP contribution < -0.4 is 15.8 Å². The minimum absolute atomic E-state index is 0.00611. The van der Waals surface area contributed by atoms with E-state index in [1.807, 2.05) is 31.1 Å². The fraction of sp³-hybridized carbons (Fsp3) is 0.385. The van der Waals surface area contributed by atoms with Crippen molar-refractivity contribution >= 4 is 41.8 Å². The molecule has 0 bridgehead atoms. The number of carbonyl (C=O) groups excluding carboxylic acids is 1. The molecule has 0 aromatic heterocycles. The molecule has 6 nitrogen and oxygen atoms in total. The quantitative estimate of drug-likeness (QED) is 0.359. The molecule has 2 rings (SSSR count). The molecule has 0 amide bonds. The first-order valence-electron chi connectivity index (χ1n) is 11.0. The number of carbonyl (C=O) groups is 1. The first-order chi connectivity index (χ1) is 16.2. The van der Waals surface area contributed by atoms with Gasteiger partial charge in [0.25, 0.3) is 0 Å². The Bertz CT molecular complexity index is 923. The molecule has 0 aliphatic carbocycles. The van der Waals surface area contributed by atoms with Crippen molar-refractivity contribution in [2.24, 2.45) is 10.7 Å². The van der Waals surface area contributed by atoms with Crippen molar-refractivity contribution in [2.45, 2.75) is 51.8 Å². The molecule has 4 N–H and O–H groups in total. The largest absolute Gasteiger partial charge is 0.489 e. The third-order valence-electron chi connectivity index (χ3n) is 4.81. The van der Waals surface area contributed by atoms with Crippen molar-refractivity contribution in [3.8, 4) is 5.75 Å². The predicted molar refractivity (Wildman–Crippen MR) is 143 cm³/mol. The van der Waals surface area contributed by atoms with Crippen LogP contribution in [0.2, 0.25) is 10.0 Å². The molecule has 0 heterocycles. The third kappa shape index (κ3) is 10.7. The van der Waals surface area contributed by atoms with Gasteiger partial charge in [0.2, 0.25) is 0 Å². The lowest BCUT2D eigenvalue weighted by Crippen LogP contribution is -2.37. The van der Waals surface area contributed by atoms with Gasteiger partial charge in [-0.25, -0.2) is 0 Å². The van der Waals surface area contributed by atoms with Crippen LogP contribution in [0.5, 0.6) is 5.75 Å². The fourth-order valence-corrected chi connectivity index (χ4v) is 3.55. The number of aliphatic hydroxyl groups is 1. The minimum Gasteiger partial charge on any atom is -0.489 e. The van der Waals surface area contributed by atoms with E-state index in [1.54, 1.807) is 24.4 Å². The summed E-state index contributed by atoms with van der Waals surface area (Å²) in [4.78, 5) is 12.7. The summed E-state index contributed by atoms with van der Waals surface area (Å²) in [7, 11) is 0. The van der Waals surface area contributed by atoms with Gasteiger partial charge in [-0.15, -0.1) is 0 Å². The van der Waals surface area contributed by atoms with Crippen LogP contribution in [-0.4, -0.2) is 42.8 Å². The number of allylic oxidation sites excluding steroid dienone is 1. The van der Waals surface area contributed by atoms with E-state index in [9.17, 15) is 5.11 Å². The Labute approximate surface area is 212 Å². The maximum absolute atomic E-state index is 9.39. The van der Waals surface area contributed by atoms with Crippen molar-refractivity contribution in [1.29, 1.82) is 0 Å². The van der Waals surface area contributed by atoms with E-state index in [2.05, 4.69) is 31.1 Å². The monoisotopic (exact) mass is 507 g/mol. The van der Waals surface area contributed by atoms with E-state index >= 15 is 0 Å². The molecule has 0 spiro atoms. The lowest BCUT2D eigenvalue weighted by atomic mass is 10.1. The number of nitrogens with zero attached hydrogens (tertiary/aromatic N) is 1. The van der Waals surface area contributed by atoms with Gasteiger partial charge >= 0.3 is 0 Å². The summed E-state index contributed by atoms with van der Waals surface area (Å²) in [5, 5.41) is 14.0. The van der Waals surface area contributed by atoms with Crippen LogP contribution in [0, 0.1) is 0 Å². The first kappa shape index (κ1) is 29.7. The molecule has 34 heavy (non-hydrogen) atoms. The summed E-state index contributed by atoms with van der Waals surface area (Å²) in [6.07, 6.45) is 4.72. The molecule has 186 valence electrons. The van der Waals surface area contributed by atoms with Crippen LogP contribution in [0.25, 0.3) is 5.57 Å². The number of benzene rings is 2. The highest BCUT2D eigenvalue weighted by atomic mass is 35.5. The molecule has 8 heteroatoms. The molecule has 0 aliphatic rings. The van der Waals surface area contributed by atoms with Crippen LogP contribution in [0.4, 0.5) is 0 Å². The van der Waals surface area contributed by atoms with Crippen LogP contribution in [0.1, 0.15) is 44.7 Å². The van der Waals surface area contributed by atoms with Gasteiger partial charge in [-0.1, -0.05) is 41.4 Å². The van der Waals surface area contributed by atoms with Gasteiger partial charge in [0.05, 0.1) is 6.04 Å². The smallest absolute Gasteiger partial charge is 0.120 e. The summed E-state index contributed by atoms with van der Waals surface area (Å²) in [5.41, 5.74) is 8.34. The van der Waals surface area contributed by atoms with Gasteiger partial charge in [-0.3, -0.25) is 4.99 Å². The molecule has 1 unspecified atom stereocenters. The standard InChI is InChI=1S/C25H33Cl2N3O2.CH2O/c1-25(2,3)30-12-10-20(11-13-31)29-16-19(15-28)18-6-4-7-21(14-18)32-17-22-23(26)8-5-9-24(22)27;1-2/h4-9,14-16,20,30-31H,10-13,17,28H2,1-3H3;1H2/b19-15+,29-16?;. The maximum Gasteiger partial charge on any atom is 0.120 e. The SMILES string of the molecule is C=O.CC(C)(C)NCCC(CCO)N=C/C(=C\N)c1cccc(OCc2c(Cl)cccc2Cl)c1. The number of rotatable bonds is 11. The van der Waals surface area contributed by atoms with E-state index in [4.69, 9.17) is 38.5 Å². The normalized spacial score (nSPS) is 12.8. The highest BCUT2D eigenvalue weighted by molar-refractivity contribution is 6.35. The number of hydrogen-bond donors (Lipinski definition) is 3. The second-order valence-electron chi connectivity index (χ2n) is 8.55. The van der Waals surface area contributed by atoms with Crippen molar-refractivity contribution in [3.63, 3.8) is 0 Å². The second-order valence-corrected chi connectivity index (χ2v) is 9.36. The van der Waals surface area contributed by atoms with Crippen molar-refractivity contribution in [3.05, 3.63) is 69.8 Å². The van der Waals surface area contributed by atoms with E-state index in [1.165, 1.54) is 6.20 Å². The number of nitrogens with two attached hydrogens (primary N) is 1. The molecule has 0 radical (unpaired) electrons. The maximum atomic E-state index is 9.39. The zero-order valence-electron chi connectivity index (χ0n) is 20.1. The Morgan fingerprint density at radius 1 is 1.18 bits per heavy atom. The zero-order valence-corrected chi connectivity index (χ0v) is 21.6. The van der Waals surface area contributed by atoms with Gasteiger partial charge in [0, 0.05) is 45.7 Å². The Hall–Kier alpha value is -2.38. The average Bonchev–Trinajstić information content (AvgIpc) is 2.80. The predicted octanol–water partition coefficient (Wildman–Crippen LogP) is 5.29. The van der Waals surface area contributed by atoms with Gasteiger partial charge in [-0.2, -0.15) is 0 Å². The van der Waals surface area contributed by atoms with E-state index in [-0.39, 0.29) is 24.8 Å². The first-order valence-corrected chi connectivity index (χ1v) is 11.7. The summed E-state index contributed by atoms with van der Waals surface area (Å²) in [6.45, 7) is 9.55. The van der Waals surface area contributed by atoms with Crippen molar-refractivity contribution in [1.82, 2.24) is 5.32 Å². The highest BCUT2D eigenvalue weighted by Crippen LogP contribution is 2.27. The molecule has 0 fully saturated rings. The summed E-state index contributed by atoms with van der Waals surface area (Å²) in [5.74, 6) is 0.674. The van der Waals surface area contributed by atoms with Gasteiger partial charge in [0.1, 0.15) is 19.1 Å².